The summed E-state index contributed by atoms with van der Waals surface area (Å²) in [5.41, 5.74) is 8.81. The molecule has 7 heterocycles. The third kappa shape index (κ3) is 7.98. The number of amides is 4. The number of benzene rings is 2. The van der Waals surface area contributed by atoms with Crippen LogP contribution in [0.4, 0.5) is 44.9 Å². The summed E-state index contributed by atoms with van der Waals surface area (Å²) in [6.45, 7) is 20.0. The van der Waals surface area contributed by atoms with E-state index < -0.39 is 0 Å². The monoisotopic (exact) mass is 804 g/mol. The summed E-state index contributed by atoms with van der Waals surface area (Å²) < 4.78 is 1.88. The summed E-state index contributed by atoms with van der Waals surface area (Å²) >= 11 is 0. The number of rotatable bonds is 8. The van der Waals surface area contributed by atoms with Gasteiger partial charge in [-0.15, -0.1) is 0 Å². The highest BCUT2D eigenvalue weighted by atomic mass is 16.2. The van der Waals surface area contributed by atoms with Crippen molar-refractivity contribution in [1.29, 1.82) is 0 Å². The normalized spacial score (nSPS) is 17.2. The van der Waals surface area contributed by atoms with Gasteiger partial charge in [0.15, 0.2) is 0 Å². The van der Waals surface area contributed by atoms with Gasteiger partial charge in [-0.05, 0) is 111 Å². The number of fused-ring (bicyclic) bond motifs is 2. The molecule has 2 aromatic carbocycles. The van der Waals surface area contributed by atoms with Crippen LogP contribution in [0.3, 0.4) is 0 Å². The molecule has 0 bridgehead atoms. The van der Waals surface area contributed by atoms with Crippen molar-refractivity contribution in [3.05, 3.63) is 107 Å². The van der Waals surface area contributed by atoms with Gasteiger partial charge in [0.05, 0.1) is 6.57 Å². The number of aryl methyl sites for hydroxylation is 4. The second kappa shape index (κ2) is 16.5. The molecule has 5 aromatic rings. The fourth-order valence-electron chi connectivity index (χ4n) is 8.81. The molecule has 0 spiro atoms. The van der Waals surface area contributed by atoms with Crippen molar-refractivity contribution >= 4 is 57.9 Å². The Morgan fingerprint density at radius 3 is 2.33 bits per heavy atom. The smallest absolute Gasteiger partial charge is 0.328 e. The predicted molar refractivity (Wildman–Crippen MR) is 232 cm³/mol. The Morgan fingerprint density at radius 2 is 1.60 bits per heavy atom. The molecular weight excluding hydrogens is 757 g/mol. The molecule has 0 atom stereocenters. The number of urea groups is 1. The average Bonchev–Trinajstić information content (AvgIpc) is 3.50. The molecule has 3 fully saturated rings. The highest BCUT2D eigenvalue weighted by Gasteiger charge is 2.28. The van der Waals surface area contributed by atoms with Gasteiger partial charge in [-0.3, -0.25) is 34.4 Å². The lowest BCUT2D eigenvalue weighted by Gasteiger charge is -2.40. The minimum absolute atomic E-state index is 0.221. The lowest BCUT2D eigenvalue weighted by molar-refractivity contribution is -0.120. The van der Waals surface area contributed by atoms with Crippen LogP contribution in [0, 0.1) is 26.3 Å². The Kier molecular flexibility index (Phi) is 10.6. The topological polar surface area (TPSA) is 148 Å². The van der Waals surface area contributed by atoms with Crippen molar-refractivity contribution in [3.8, 4) is 11.3 Å². The summed E-state index contributed by atoms with van der Waals surface area (Å²) in [4.78, 5) is 58.7. The number of carbonyl (C=O) groups is 3. The van der Waals surface area contributed by atoms with E-state index >= 15 is 0 Å². The Bertz CT molecular complexity index is 2490. The molecule has 0 unspecified atom stereocenters. The van der Waals surface area contributed by atoms with Crippen LogP contribution >= 0.6 is 0 Å². The largest absolute Gasteiger partial charge is 0.372 e. The van der Waals surface area contributed by atoms with E-state index in [-0.39, 0.29) is 17.8 Å². The first kappa shape index (κ1) is 38.7. The molecule has 0 saturated carbocycles. The number of piperazine rings is 1. The molecule has 9 rings (SSSR count). The summed E-state index contributed by atoms with van der Waals surface area (Å²) in [5, 5.41) is 13.7. The SMILES string of the molecule is [C-]#[N+]c1c(-c2cnc(C(=O)Nc3cccc(C)n3)c(C)c2)nn2c1Nc1ccc(N3CCN(CC4CCN(c5ccc(N6CCC(=O)NC6=O)cc5)CC4)CC3)cc1CC2. The van der Waals surface area contributed by atoms with Crippen molar-refractivity contribution in [2.75, 3.05) is 77.7 Å². The molecule has 60 heavy (non-hydrogen) atoms. The lowest BCUT2D eigenvalue weighted by Crippen LogP contribution is -2.49. The van der Waals surface area contributed by atoms with Crippen LogP contribution in [0.15, 0.2) is 72.9 Å². The van der Waals surface area contributed by atoms with Gasteiger partial charge < -0.3 is 20.4 Å². The van der Waals surface area contributed by atoms with E-state index in [9.17, 15) is 14.4 Å². The molecular formula is C45H48N12O3. The van der Waals surface area contributed by atoms with Gasteiger partial charge in [0, 0.05) is 106 Å². The molecule has 3 saturated heterocycles. The lowest BCUT2D eigenvalue weighted by atomic mass is 9.95. The maximum absolute atomic E-state index is 13.0. The Hall–Kier alpha value is -6.79. The molecule has 4 amide bonds. The number of carbonyl (C=O) groups excluding carboxylic acids is 3. The standard InChI is InChI=1S/C45H48N12O3/c1-29-25-33(27-47-40(29)44(59)50-38-6-4-5-30(2)48-38)41-42(46-3)43-49-37-12-11-36(26-32(37)15-20-57(43)52-41)55-23-21-53(22-24-55)28-31-13-17-54(18-14-31)34-7-9-35(10-8-34)56-19-16-39(58)51-45(56)60/h4-12,25-27,31,49H,13-24,28H2,1-2H3,(H,48,50,59)(H,51,58,60). The van der Waals surface area contributed by atoms with E-state index in [2.05, 4.69) is 75.8 Å². The van der Waals surface area contributed by atoms with Crippen molar-refractivity contribution in [2.24, 2.45) is 5.92 Å². The van der Waals surface area contributed by atoms with E-state index in [0.717, 1.165) is 82.1 Å². The van der Waals surface area contributed by atoms with E-state index in [4.69, 9.17) is 11.7 Å². The van der Waals surface area contributed by atoms with Crippen LogP contribution in [0.1, 0.15) is 46.6 Å². The van der Waals surface area contributed by atoms with Crippen LogP contribution in [0.25, 0.3) is 16.1 Å². The second-order valence-electron chi connectivity index (χ2n) is 16.1. The Balaban J connectivity index is 0.779. The number of hydrogen-bond acceptors (Lipinski definition) is 10. The van der Waals surface area contributed by atoms with Gasteiger partial charge in [-0.25, -0.2) is 14.6 Å². The number of anilines is 6. The predicted octanol–water partition coefficient (Wildman–Crippen LogP) is 6.54. The molecule has 0 radical (unpaired) electrons. The van der Waals surface area contributed by atoms with Crippen molar-refractivity contribution in [2.45, 2.75) is 46.1 Å². The Labute approximate surface area is 349 Å². The first-order valence-electron chi connectivity index (χ1n) is 20.7. The molecule has 4 aliphatic heterocycles. The molecule has 15 heteroatoms. The van der Waals surface area contributed by atoms with E-state index in [0.29, 0.717) is 65.3 Å². The second-order valence-corrected chi connectivity index (χ2v) is 16.1. The van der Waals surface area contributed by atoms with Crippen LogP contribution in [-0.2, 0) is 17.8 Å². The third-order valence-corrected chi connectivity index (χ3v) is 12.1. The molecule has 15 nitrogen and oxygen atoms in total. The van der Waals surface area contributed by atoms with E-state index in [1.807, 2.05) is 48.9 Å². The summed E-state index contributed by atoms with van der Waals surface area (Å²) in [7, 11) is 0. The van der Waals surface area contributed by atoms with Crippen molar-refractivity contribution in [1.82, 2.24) is 30.0 Å². The van der Waals surface area contributed by atoms with Gasteiger partial charge in [0.2, 0.25) is 5.91 Å². The minimum atomic E-state index is -0.354. The molecule has 0 aliphatic carbocycles. The van der Waals surface area contributed by atoms with Gasteiger partial charge >= 0.3 is 6.03 Å². The van der Waals surface area contributed by atoms with Gasteiger partial charge in [-0.2, -0.15) is 5.10 Å². The highest BCUT2D eigenvalue weighted by Crippen LogP contribution is 2.41. The number of pyridine rings is 2. The Morgan fingerprint density at radius 1 is 0.850 bits per heavy atom. The molecule has 4 aliphatic rings. The van der Waals surface area contributed by atoms with Crippen molar-refractivity contribution in [3.63, 3.8) is 0 Å². The van der Waals surface area contributed by atoms with Gasteiger partial charge in [-0.1, -0.05) is 6.07 Å². The summed E-state index contributed by atoms with van der Waals surface area (Å²) in [6, 6.07) is 21.7. The fraction of sp³-hybridized carbons (Fsp3) is 0.356. The fourth-order valence-corrected chi connectivity index (χ4v) is 8.81. The van der Waals surface area contributed by atoms with Crippen LogP contribution < -0.4 is 30.7 Å². The zero-order valence-electron chi connectivity index (χ0n) is 33.9. The average molecular weight is 805 g/mol. The minimum Gasteiger partial charge on any atom is -0.372 e. The molecule has 306 valence electrons. The number of piperidine rings is 1. The third-order valence-electron chi connectivity index (χ3n) is 12.1. The zero-order valence-corrected chi connectivity index (χ0v) is 33.9. The maximum Gasteiger partial charge on any atom is 0.328 e. The molecule has 3 N–H and O–H groups in total. The van der Waals surface area contributed by atoms with Crippen molar-refractivity contribution < 1.29 is 14.4 Å². The van der Waals surface area contributed by atoms with E-state index in [1.165, 1.54) is 16.9 Å². The van der Waals surface area contributed by atoms with Gasteiger partial charge in [0.25, 0.3) is 11.6 Å². The highest BCUT2D eigenvalue weighted by molar-refractivity contribution is 6.05. The summed E-state index contributed by atoms with van der Waals surface area (Å²) in [5.74, 6) is 1.23. The maximum atomic E-state index is 13.0. The van der Waals surface area contributed by atoms with Crippen LogP contribution in [0.5, 0.6) is 0 Å². The van der Waals surface area contributed by atoms with Gasteiger partial charge in [0.1, 0.15) is 23.0 Å². The first-order valence-corrected chi connectivity index (χ1v) is 20.7. The number of nitrogens with zero attached hydrogens (tertiary/aromatic N) is 9. The molecule has 3 aromatic heterocycles. The zero-order chi connectivity index (χ0) is 41.3. The first-order chi connectivity index (χ1) is 29.2. The quantitative estimate of drug-likeness (QED) is 0.148. The van der Waals surface area contributed by atoms with Crippen LogP contribution in [0.2, 0.25) is 0 Å². The number of nitrogens with one attached hydrogen (secondary N) is 3. The number of hydrogen-bond donors (Lipinski definition) is 3. The van der Waals surface area contributed by atoms with Crippen LogP contribution in [-0.4, -0.2) is 94.9 Å². The number of imide groups is 1. The van der Waals surface area contributed by atoms with E-state index in [1.54, 1.807) is 17.2 Å². The summed E-state index contributed by atoms with van der Waals surface area (Å²) in [6.07, 6.45) is 5.00. The number of aromatic nitrogens is 4.